The molecule has 0 spiro atoms. The largest absolute Gasteiger partial charge is 0.317 e. The van der Waals surface area contributed by atoms with Gasteiger partial charge >= 0.3 is 0 Å². The molecule has 2 heterocycles. The Morgan fingerprint density at radius 2 is 2.29 bits per heavy atom. The Balaban J connectivity index is 1.95. The van der Waals surface area contributed by atoms with Crippen LogP contribution < -0.4 is 5.32 Å². The molecule has 1 aromatic rings. The highest BCUT2D eigenvalue weighted by molar-refractivity contribution is 5.08. The summed E-state index contributed by atoms with van der Waals surface area (Å²) >= 11 is 0. The number of hydrogen-bond acceptors (Lipinski definition) is 3. The van der Waals surface area contributed by atoms with Gasteiger partial charge in [0.2, 0.25) is 0 Å². The van der Waals surface area contributed by atoms with Gasteiger partial charge in [-0.25, -0.2) is 0 Å². The van der Waals surface area contributed by atoms with Crippen molar-refractivity contribution < 1.29 is 0 Å². The molecule has 96 valence electrons. The molecule has 1 aliphatic heterocycles. The van der Waals surface area contributed by atoms with Crippen molar-refractivity contribution in [3.63, 3.8) is 0 Å². The van der Waals surface area contributed by atoms with Crippen molar-refractivity contribution in [2.24, 2.45) is 13.0 Å². The van der Waals surface area contributed by atoms with Crippen LogP contribution in [0.3, 0.4) is 0 Å². The predicted octanol–water partition coefficient (Wildman–Crippen LogP) is 1.16. The van der Waals surface area contributed by atoms with Gasteiger partial charge < -0.3 is 5.32 Å². The molecule has 0 saturated carbocycles. The zero-order valence-corrected chi connectivity index (χ0v) is 11.4. The van der Waals surface area contributed by atoms with Crippen LogP contribution in [0.5, 0.6) is 0 Å². The molecule has 2 atom stereocenters. The van der Waals surface area contributed by atoms with E-state index in [0.717, 1.165) is 18.2 Å². The lowest BCUT2D eigenvalue weighted by Gasteiger charge is -2.36. The first-order valence-corrected chi connectivity index (χ1v) is 6.49. The lowest BCUT2D eigenvalue weighted by molar-refractivity contribution is 0.142. The Labute approximate surface area is 104 Å². The van der Waals surface area contributed by atoms with Crippen LogP contribution in [-0.2, 0) is 13.6 Å². The van der Waals surface area contributed by atoms with Crippen molar-refractivity contribution in [1.29, 1.82) is 0 Å². The van der Waals surface area contributed by atoms with Crippen LogP contribution >= 0.6 is 0 Å². The van der Waals surface area contributed by atoms with E-state index in [2.05, 4.69) is 42.3 Å². The molecule has 1 saturated heterocycles. The molecule has 1 aliphatic rings. The molecule has 0 aliphatic carbocycles. The van der Waals surface area contributed by atoms with Gasteiger partial charge in [0.25, 0.3) is 0 Å². The Kier molecular flexibility index (Phi) is 3.84. The number of aryl methyl sites for hydroxylation is 2. The monoisotopic (exact) mass is 236 g/mol. The van der Waals surface area contributed by atoms with Crippen LogP contribution in [0.4, 0.5) is 0 Å². The Morgan fingerprint density at radius 3 is 2.82 bits per heavy atom. The Bertz CT molecular complexity index is 371. The highest BCUT2D eigenvalue weighted by Gasteiger charge is 2.25. The predicted molar refractivity (Wildman–Crippen MR) is 69.9 cm³/mol. The number of rotatable bonds is 3. The summed E-state index contributed by atoms with van der Waals surface area (Å²) in [7, 11) is 4.10. The fourth-order valence-corrected chi connectivity index (χ4v) is 2.85. The summed E-state index contributed by atoms with van der Waals surface area (Å²) < 4.78 is 2.00. The third-order valence-corrected chi connectivity index (χ3v) is 3.84. The maximum Gasteiger partial charge on any atom is 0.0597 e. The normalized spacial score (nSPS) is 26.4. The molecule has 17 heavy (non-hydrogen) atoms. The van der Waals surface area contributed by atoms with Gasteiger partial charge in [0.15, 0.2) is 0 Å². The standard InChI is InChI=1S/C13H24N4/c1-10-8-17(6-5-13(10)14-3)9-12-7-11(2)15-16(12)4/h7,10,13-14H,5-6,8-9H2,1-4H3. The van der Waals surface area contributed by atoms with Crippen LogP contribution in [-0.4, -0.2) is 40.9 Å². The summed E-state index contributed by atoms with van der Waals surface area (Å²) in [6.07, 6.45) is 1.24. The number of aromatic nitrogens is 2. The highest BCUT2D eigenvalue weighted by Crippen LogP contribution is 2.18. The maximum absolute atomic E-state index is 4.40. The Morgan fingerprint density at radius 1 is 1.53 bits per heavy atom. The van der Waals surface area contributed by atoms with E-state index in [9.17, 15) is 0 Å². The van der Waals surface area contributed by atoms with Crippen molar-refractivity contribution in [2.75, 3.05) is 20.1 Å². The second kappa shape index (κ2) is 5.19. The molecule has 0 amide bonds. The molecule has 1 aromatic heterocycles. The number of nitrogens with one attached hydrogen (secondary N) is 1. The van der Waals surface area contributed by atoms with Gasteiger partial charge in [0.1, 0.15) is 0 Å². The van der Waals surface area contributed by atoms with Gasteiger partial charge in [-0.15, -0.1) is 0 Å². The molecule has 2 rings (SSSR count). The molecule has 2 unspecified atom stereocenters. The second-order valence-electron chi connectivity index (χ2n) is 5.30. The molecule has 1 fully saturated rings. The van der Waals surface area contributed by atoms with Gasteiger partial charge in [-0.1, -0.05) is 6.92 Å². The molecular formula is C13H24N4. The smallest absolute Gasteiger partial charge is 0.0597 e. The molecule has 0 aromatic carbocycles. The molecule has 4 heteroatoms. The van der Waals surface area contributed by atoms with Crippen molar-refractivity contribution in [3.05, 3.63) is 17.5 Å². The minimum atomic E-state index is 0.680. The highest BCUT2D eigenvalue weighted by atomic mass is 15.3. The average Bonchev–Trinajstić information content (AvgIpc) is 2.58. The Hall–Kier alpha value is -0.870. The summed E-state index contributed by atoms with van der Waals surface area (Å²) in [5, 5.41) is 7.81. The molecular weight excluding hydrogens is 212 g/mol. The second-order valence-corrected chi connectivity index (χ2v) is 5.30. The van der Waals surface area contributed by atoms with Crippen LogP contribution in [0, 0.1) is 12.8 Å². The van der Waals surface area contributed by atoms with Crippen molar-refractivity contribution in [1.82, 2.24) is 20.0 Å². The van der Waals surface area contributed by atoms with Crippen LogP contribution in [0.25, 0.3) is 0 Å². The van der Waals surface area contributed by atoms with E-state index in [-0.39, 0.29) is 0 Å². The van der Waals surface area contributed by atoms with Crippen molar-refractivity contribution in [3.8, 4) is 0 Å². The van der Waals surface area contributed by atoms with E-state index in [1.54, 1.807) is 0 Å². The fourth-order valence-electron chi connectivity index (χ4n) is 2.85. The van der Waals surface area contributed by atoms with Crippen molar-refractivity contribution >= 4 is 0 Å². The first-order valence-electron chi connectivity index (χ1n) is 6.49. The maximum atomic E-state index is 4.40. The SMILES string of the molecule is CNC1CCN(Cc2cc(C)nn2C)CC1C. The van der Waals surface area contributed by atoms with Gasteiger partial charge in [-0.2, -0.15) is 5.10 Å². The van der Waals surface area contributed by atoms with Gasteiger partial charge in [0.05, 0.1) is 11.4 Å². The van der Waals surface area contributed by atoms with Gasteiger partial charge in [0, 0.05) is 32.7 Å². The summed E-state index contributed by atoms with van der Waals surface area (Å²) in [5.41, 5.74) is 2.43. The quantitative estimate of drug-likeness (QED) is 0.855. The lowest BCUT2D eigenvalue weighted by atomic mass is 9.94. The summed E-state index contributed by atoms with van der Waals surface area (Å²) in [6.45, 7) is 7.77. The van der Waals surface area contributed by atoms with E-state index in [0.29, 0.717) is 6.04 Å². The molecule has 0 bridgehead atoms. The minimum absolute atomic E-state index is 0.680. The number of likely N-dealkylation sites (tertiary alicyclic amines) is 1. The van der Waals surface area contributed by atoms with Crippen LogP contribution in [0.1, 0.15) is 24.7 Å². The van der Waals surface area contributed by atoms with E-state index >= 15 is 0 Å². The van der Waals surface area contributed by atoms with Gasteiger partial charge in [-0.05, 0) is 32.4 Å². The average molecular weight is 236 g/mol. The molecule has 4 nitrogen and oxygen atoms in total. The van der Waals surface area contributed by atoms with E-state index < -0.39 is 0 Å². The van der Waals surface area contributed by atoms with E-state index in [1.807, 2.05) is 11.7 Å². The number of nitrogens with zero attached hydrogens (tertiary/aromatic N) is 3. The number of piperidine rings is 1. The van der Waals surface area contributed by atoms with Crippen LogP contribution in [0.2, 0.25) is 0 Å². The molecule has 0 radical (unpaired) electrons. The topological polar surface area (TPSA) is 33.1 Å². The summed E-state index contributed by atoms with van der Waals surface area (Å²) in [6, 6.07) is 2.87. The van der Waals surface area contributed by atoms with Gasteiger partial charge in [-0.3, -0.25) is 9.58 Å². The zero-order chi connectivity index (χ0) is 12.4. The number of hydrogen-bond donors (Lipinski definition) is 1. The zero-order valence-electron chi connectivity index (χ0n) is 11.4. The van der Waals surface area contributed by atoms with E-state index in [1.165, 1.54) is 25.2 Å². The first-order chi connectivity index (χ1) is 8.10. The van der Waals surface area contributed by atoms with Crippen molar-refractivity contribution in [2.45, 2.75) is 32.9 Å². The summed E-state index contributed by atoms with van der Waals surface area (Å²) in [5.74, 6) is 0.725. The third kappa shape index (κ3) is 2.87. The fraction of sp³-hybridized carbons (Fsp3) is 0.769. The third-order valence-electron chi connectivity index (χ3n) is 3.84. The van der Waals surface area contributed by atoms with Crippen LogP contribution in [0.15, 0.2) is 6.07 Å². The van der Waals surface area contributed by atoms with E-state index in [4.69, 9.17) is 0 Å². The lowest BCUT2D eigenvalue weighted by Crippen LogP contribution is -2.46. The first kappa shape index (κ1) is 12.6. The summed E-state index contributed by atoms with van der Waals surface area (Å²) in [4.78, 5) is 2.54. The molecule has 1 N–H and O–H groups in total. The minimum Gasteiger partial charge on any atom is -0.317 e.